The molecule has 17 heavy (non-hydrogen) atoms. The lowest BCUT2D eigenvalue weighted by atomic mass is 10.2. The minimum atomic E-state index is -0.00810. The van der Waals surface area contributed by atoms with E-state index in [1.54, 1.807) is 0 Å². The maximum atomic E-state index is 11.7. The molecule has 0 aliphatic heterocycles. The van der Waals surface area contributed by atoms with Crippen LogP contribution in [-0.2, 0) is 0 Å². The molecule has 0 radical (unpaired) electrons. The number of hydrogen-bond acceptors (Lipinski definition) is 2. The Bertz CT molecular complexity index is 357. The molecule has 0 heterocycles. The monoisotopic (exact) mass is 232 g/mol. The summed E-state index contributed by atoms with van der Waals surface area (Å²) in [6.07, 6.45) is 4.97. The zero-order chi connectivity index (χ0) is 12.5. The van der Waals surface area contributed by atoms with Crippen molar-refractivity contribution in [2.45, 2.75) is 19.3 Å². The molecule has 1 aromatic carbocycles. The number of carbonyl (C=O) groups is 1. The summed E-state index contributed by atoms with van der Waals surface area (Å²) in [6, 6.07) is 7.44. The minimum Gasteiger partial charge on any atom is -0.388 e. The molecule has 0 fully saturated rings. The van der Waals surface area contributed by atoms with Crippen LogP contribution in [-0.4, -0.2) is 19.5 Å². The molecule has 2 N–H and O–H groups in total. The first-order valence-corrected chi connectivity index (χ1v) is 5.95. The highest BCUT2D eigenvalue weighted by Crippen LogP contribution is 2.08. The van der Waals surface area contributed by atoms with Crippen LogP contribution >= 0.6 is 0 Å². The molecule has 3 nitrogen and oxygen atoms in total. The van der Waals surface area contributed by atoms with Gasteiger partial charge in [-0.25, -0.2) is 0 Å². The number of carbonyl (C=O) groups excluding carboxylic acids is 1. The highest BCUT2D eigenvalue weighted by Gasteiger charge is 2.03. The van der Waals surface area contributed by atoms with Crippen molar-refractivity contribution < 1.29 is 4.79 Å². The molecule has 1 amide bonds. The van der Waals surface area contributed by atoms with Gasteiger partial charge in [-0.15, -0.1) is 6.58 Å². The van der Waals surface area contributed by atoms with Crippen LogP contribution in [0.2, 0.25) is 0 Å². The van der Waals surface area contributed by atoms with Crippen molar-refractivity contribution >= 4 is 11.6 Å². The van der Waals surface area contributed by atoms with E-state index >= 15 is 0 Å². The lowest BCUT2D eigenvalue weighted by Crippen LogP contribution is -2.24. The average molecular weight is 232 g/mol. The van der Waals surface area contributed by atoms with Gasteiger partial charge in [-0.3, -0.25) is 4.79 Å². The zero-order valence-electron chi connectivity index (χ0n) is 10.3. The van der Waals surface area contributed by atoms with E-state index in [2.05, 4.69) is 17.2 Å². The van der Waals surface area contributed by atoms with Gasteiger partial charge >= 0.3 is 0 Å². The smallest absolute Gasteiger partial charge is 0.251 e. The van der Waals surface area contributed by atoms with Gasteiger partial charge in [0, 0.05) is 24.8 Å². The highest BCUT2D eigenvalue weighted by molar-refractivity contribution is 5.94. The first-order valence-electron chi connectivity index (χ1n) is 5.95. The number of hydrogen-bond donors (Lipinski definition) is 2. The molecular formula is C14H20N2O. The molecule has 0 bridgehead atoms. The van der Waals surface area contributed by atoms with Gasteiger partial charge in [-0.05, 0) is 43.5 Å². The van der Waals surface area contributed by atoms with E-state index in [0.29, 0.717) is 5.56 Å². The summed E-state index contributed by atoms with van der Waals surface area (Å²) >= 11 is 0. The van der Waals surface area contributed by atoms with Crippen molar-refractivity contribution in [1.82, 2.24) is 5.32 Å². The van der Waals surface area contributed by atoms with Gasteiger partial charge in [0.15, 0.2) is 0 Å². The Kier molecular flexibility index (Phi) is 5.86. The Morgan fingerprint density at radius 2 is 2.00 bits per heavy atom. The standard InChI is InChI=1S/C14H20N2O/c1-3-4-5-6-11-16-14(17)12-7-9-13(15-2)10-8-12/h3,7-10,15H,1,4-6,11H2,2H3,(H,16,17). The lowest BCUT2D eigenvalue weighted by molar-refractivity contribution is 0.0953. The second-order valence-corrected chi connectivity index (χ2v) is 3.87. The minimum absolute atomic E-state index is 0.00810. The quantitative estimate of drug-likeness (QED) is 0.560. The summed E-state index contributed by atoms with van der Waals surface area (Å²) in [5.74, 6) is -0.00810. The van der Waals surface area contributed by atoms with E-state index in [4.69, 9.17) is 0 Å². The van der Waals surface area contributed by atoms with Crippen LogP contribution in [0.5, 0.6) is 0 Å². The zero-order valence-corrected chi connectivity index (χ0v) is 10.3. The summed E-state index contributed by atoms with van der Waals surface area (Å²) < 4.78 is 0. The summed E-state index contributed by atoms with van der Waals surface area (Å²) in [7, 11) is 1.86. The maximum Gasteiger partial charge on any atom is 0.251 e. The molecule has 0 atom stereocenters. The molecule has 92 valence electrons. The van der Waals surface area contributed by atoms with Crippen LogP contribution in [0.1, 0.15) is 29.6 Å². The number of rotatable bonds is 7. The molecule has 0 aliphatic rings. The third kappa shape index (κ3) is 4.72. The van der Waals surface area contributed by atoms with Crippen LogP contribution in [0.15, 0.2) is 36.9 Å². The van der Waals surface area contributed by atoms with Gasteiger partial charge < -0.3 is 10.6 Å². The van der Waals surface area contributed by atoms with E-state index in [-0.39, 0.29) is 5.91 Å². The largest absolute Gasteiger partial charge is 0.388 e. The van der Waals surface area contributed by atoms with Crippen molar-refractivity contribution in [3.8, 4) is 0 Å². The van der Waals surface area contributed by atoms with Crippen LogP contribution in [0.25, 0.3) is 0 Å². The second kappa shape index (κ2) is 7.49. The van der Waals surface area contributed by atoms with E-state index in [1.807, 2.05) is 37.4 Å². The van der Waals surface area contributed by atoms with Gasteiger partial charge in [-0.2, -0.15) is 0 Å². The van der Waals surface area contributed by atoms with Crippen LogP contribution in [0.4, 0.5) is 5.69 Å². The van der Waals surface area contributed by atoms with Crippen LogP contribution < -0.4 is 10.6 Å². The van der Waals surface area contributed by atoms with Gasteiger partial charge in [0.25, 0.3) is 5.91 Å². The Morgan fingerprint density at radius 1 is 1.29 bits per heavy atom. The predicted molar refractivity (Wildman–Crippen MR) is 72.4 cm³/mol. The third-order valence-electron chi connectivity index (χ3n) is 2.56. The van der Waals surface area contributed by atoms with E-state index in [1.165, 1.54) is 0 Å². The number of allylic oxidation sites excluding steroid dienone is 1. The van der Waals surface area contributed by atoms with Gasteiger partial charge in [0.1, 0.15) is 0 Å². The highest BCUT2D eigenvalue weighted by atomic mass is 16.1. The fourth-order valence-corrected chi connectivity index (χ4v) is 1.51. The molecule has 0 saturated carbocycles. The molecule has 1 rings (SSSR count). The first-order chi connectivity index (χ1) is 8.27. The molecule has 0 unspecified atom stereocenters. The summed E-state index contributed by atoms with van der Waals surface area (Å²) in [5.41, 5.74) is 1.71. The Hall–Kier alpha value is -1.77. The topological polar surface area (TPSA) is 41.1 Å². The van der Waals surface area contributed by atoms with Gasteiger partial charge in [0.2, 0.25) is 0 Å². The SMILES string of the molecule is C=CCCCCNC(=O)c1ccc(NC)cc1. The van der Waals surface area contributed by atoms with Crippen molar-refractivity contribution in [3.05, 3.63) is 42.5 Å². The fourth-order valence-electron chi connectivity index (χ4n) is 1.51. The van der Waals surface area contributed by atoms with E-state index < -0.39 is 0 Å². The van der Waals surface area contributed by atoms with Crippen LogP contribution in [0.3, 0.4) is 0 Å². The molecule has 0 spiro atoms. The van der Waals surface area contributed by atoms with Crippen molar-refractivity contribution in [1.29, 1.82) is 0 Å². The lowest BCUT2D eigenvalue weighted by Gasteiger charge is -2.05. The van der Waals surface area contributed by atoms with Crippen molar-refractivity contribution in [3.63, 3.8) is 0 Å². The Labute approximate surface area is 103 Å². The third-order valence-corrected chi connectivity index (χ3v) is 2.56. The molecule has 1 aromatic rings. The number of amides is 1. The molecular weight excluding hydrogens is 212 g/mol. The summed E-state index contributed by atoms with van der Waals surface area (Å²) in [4.78, 5) is 11.7. The fraction of sp³-hybridized carbons (Fsp3) is 0.357. The summed E-state index contributed by atoms with van der Waals surface area (Å²) in [5, 5.41) is 5.92. The second-order valence-electron chi connectivity index (χ2n) is 3.87. The van der Waals surface area contributed by atoms with Crippen LogP contribution in [0, 0.1) is 0 Å². The summed E-state index contributed by atoms with van der Waals surface area (Å²) in [6.45, 7) is 4.39. The van der Waals surface area contributed by atoms with Crippen molar-refractivity contribution in [2.75, 3.05) is 18.9 Å². The Morgan fingerprint density at radius 3 is 2.59 bits per heavy atom. The predicted octanol–water partition coefficient (Wildman–Crippen LogP) is 2.81. The van der Waals surface area contributed by atoms with Gasteiger partial charge in [-0.1, -0.05) is 6.08 Å². The number of anilines is 1. The van der Waals surface area contributed by atoms with E-state index in [9.17, 15) is 4.79 Å². The number of benzene rings is 1. The molecule has 0 saturated heterocycles. The molecule has 3 heteroatoms. The van der Waals surface area contributed by atoms with E-state index in [0.717, 1.165) is 31.5 Å². The first kappa shape index (κ1) is 13.3. The van der Waals surface area contributed by atoms with Gasteiger partial charge in [0.05, 0.1) is 0 Å². The molecule has 0 aliphatic carbocycles. The average Bonchev–Trinajstić information content (AvgIpc) is 2.38. The Balaban J connectivity index is 2.33. The van der Waals surface area contributed by atoms with Crippen molar-refractivity contribution in [2.24, 2.45) is 0 Å². The number of unbranched alkanes of at least 4 members (excludes halogenated alkanes) is 2. The molecule has 0 aromatic heterocycles. The normalized spacial score (nSPS) is 9.71. The number of nitrogens with one attached hydrogen (secondary N) is 2. The maximum absolute atomic E-state index is 11.7.